The van der Waals surface area contributed by atoms with Crippen LogP contribution in [0.4, 0.5) is 4.81 Å². The molecule has 0 spiro atoms. The summed E-state index contributed by atoms with van der Waals surface area (Å²) in [5.41, 5.74) is 0. The van der Waals surface area contributed by atoms with Gasteiger partial charge in [-0.1, -0.05) is 0 Å². The average Bonchev–Trinajstić information content (AvgIpc) is 0.811. The van der Waals surface area contributed by atoms with Gasteiger partial charge in [-0.05, 0) is 0 Å². The third kappa shape index (κ3) is 340. The summed E-state index contributed by atoms with van der Waals surface area (Å²) in [5.74, 6) is 0. The van der Waals surface area contributed by atoms with Crippen molar-refractivity contribution in [1.29, 1.82) is 0 Å². The second-order valence-corrected chi connectivity index (χ2v) is 1.80. The molecule has 0 rings (SSSR count). The van der Waals surface area contributed by atoms with Crippen molar-refractivity contribution in [2.45, 2.75) is 0 Å². The van der Waals surface area contributed by atoms with Crippen LogP contribution in [0.25, 0.3) is 0 Å². The quantitative estimate of drug-likeness (QED) is 0.480. The zero-order valence-corrected chi connectivity index (χ0v) is 7.34. The van der Waals surface area contributed by atoms with E-state index in [0.29, 0.717) is 0 Å². The van der Waals surface area contributed by atoms with Crippen LogP contribution in [0.5, 0.6) is 0 Å². The molecular weight excluding hydrogens is 260 g/mol. The molecule has 4 nitrogen and oxygen atoms in total. The molecule has 0 aliphatic rings. The third-order valence-corrected chi connectivity index (χ3v) is 0. The second-order valence-electron chi connectivity index (χ2n) is 0.247. The normalized spacial score (nSPS) is 3.38. The van der Waals surface area contributed by atoms with Crippen LogP contribution in [0.2, 0.25) is 0 Å². The van der Waals surface area contributed by atoms with E-state index in [1.807, 2.05) is 0 Å². The van der Waals surface area contributed by atoms with Crippen molar-refractivity contribution in [3.8, 4) is 0 Å². The molecule has 0 aliphatic heterocycles. The van der Waals surface area contributed by atoms with Crippen LogP contribution in [0.3, 0.4) is 0 Å². The van der Waals surface area contributed by atoms with Crippen LogP contribution in [-0.2, 0) is 0 Å². The zero-order chi connectivity index (χ0) is 3.58. The molecule has 56 valence electrons. The number of halogens is 3. The summed E-state index contributed by atoms with van der Waals surface area (Å²) in [6.07, 6.45) is 0. The first-order chi connectivity index (χ1) is 1.73. The van der Waals surface area contributed by atoms with Crippen LogP contribution >= 0.6 is 0 Å². The van der Waals surface area contributed by atoms with Crippen molar-refractivity contribution in [1.82, 2.24) is 0 Å². The van der Waals surface area contributed by atoms with Gasteiger partial charge in [0.1, 0.15) is 0 Å². The third-order valence-electron chi connectivity index (χ3n) is 0. The standard InChI is InChI=1S/3FH.La.4H2O/h3*1H;;4*1H2/q;;;+3;;;;/p-3. The summed E-state index contributed by atoms with van der Waals surface area (Å²) < 4.78 is 29.7. The topological polar surface area (TPSA) is 126 Å². The van der Waals surface area contributed by atoms with E-state index >= 15 is 0 Å². The average molecular weight is 268 g/mol. The summed E-state index contributed by atoms with van der Waals surface area (Å²) in [4.78, 5) is 0. The Morgan fingerprint density at radius 2 is 0.625 bits per heavy atom. The van der Waals surface area contributed by atoms with E-state index in [9.17, 15) is 4.81 Å². The van der Waals surface area contributed by atoms with Crippen LogP contribution in [-0.4, -0.2) is 21.9 Å². The molecule has 0 saturated carbocycles. The second kappa shape index (κ2) is 24.9. The van der Waals surface area contributed by atoms with Gasteiger partial charge in [-0.25, -0.2) is 0 Å². The summed E-state index contributed by atoms with van der Waals surface area (Å²) in [6.45, 7) is 0. The van der Waals surface area contributed by atoms with Crippen molar-refractivity contribution in [2.24, 2.45) is 0 Å². The summed E-state index contributed by atoms with van der Waals surface area (Å²) >= 11 is -5.22. The Kier molecular flexibility index (Phi) is 115. The van der Waals surface area contributed by atoms with Gasteiger partial charge in [-0.3, -0.25) is 0 Å². The Hall–Kier alpha value is 0.825. The first-order valence-corrected chi connectivity index (χ1v) is 4.77. The minimum atomic E-state index is -5.22. The Morgan fingerprint density at radius 3 is 0.625 bits per heavy atom. The molecular formula is H8F3LaO4. The first-order valence-electron chi connectivity index (χ1n) is 0.655. The SMILES string of the molecule is O.O.O.O.[F][La]([F])[F]. The molecule has 0 bridgehead atoms. The van der Waals surface area contributed by atoms with E-state index in [1.165, 1.54) is 0 Å². The van der Waals surface area contributed by atoms with Gasteiger partial charge in [-0.15, -0.1) is 0 Å². The van der Waals surface area contributed by atoms with Gasteiger partial charge in [0.05, 0.1) is 0 Å². The van der Waals surface area contributed by atoms with E-state index in [2.05, 4.69) is 0 Å². The fourth-order valence-electron chi connectivity index (χ4n) is 0. The fourth-order valence-corrected chi connectivity index (χ4v) is 0. The van der Waals surface area contributed by atoms with E-state index in [-0.39, 0.29) is 21.9 Å². The zero-order valence-electron chi connectivity index (χ0n) is 3.71. The van der Waals surface area contributed by atoms with Gasteiger partial charge in [0.15, 0.2) is 0 Å². The van der Waals surface area contributed by atoms with E-state index in [4.69, 9.17) is 0 Å². The molecule has 8 N–H and O–H groups in total. The molecule has 0 heterocycles. The summed E-state index contributed by atoms with van der Waals surface area (Å²) in [6, 6.07) is 0. The van der Waals surface area contributed by atoms with Crippen LogP contribution < -0.4 is 0 Å². The van der Waals surface area contributed by atoms with Gasteiger partial charge in [0, 0.05) is 0 Å². The number of rotatable bonds is 0. The predicted molar refractivity (Wildman–Crippen MR) is 17.8 cm³/mol. The molecule has 0 saturated heterocycles. The Balaban J connectivity index is -0.00000000750. The summed E-state index contributed by atoms with van der Waals surface area (Å²) in [7, 11) is 0. The van der Waals surface area contributed by atoms with Gasteiger partial charge >= 0.3 is 37.1 Å². The van der Waals surface area contributed by atoms with Crippen molar-refractivity contribution in [3.63, 3.8) is 0 Å². The van der Waals surface area contributed by atoms with Crippen LogP contribution in [0.1, 0.15) is 0 Å². The van der Waals surface area contributed by atoms with Gasteiger partial charge in [-0.2, -0.15) is 0 Å². The molecule has 8 heavy (non-hydrogen) atoms. The fraction of sp³-hybridized carbons (Fsp3) is 0. The van der Waals surface area contributed by atoms with E-state index in [1.54, 1.807) is 0 Å². The van der Waals surface area contributed by atoms with Crippen molar-refractivity contribution < 1.29 is 59.0 Å². The number of hydrogen-bond acceptors (Lipinski definition) is 0. The molecule has 0 amide bonds. The van der Waals surface area contributed by atoms with Gasteiger partial charge in [0.25, 0.3) is 0 Å². The molecule has 0 aromatic rings. The molecule has 0 radical (unpaired) electrons. The Morgan fingerprint density at radius 1 is 0.625 bits per heavy atom. The molecule has 0 atom stereocenters. The van der Waals surface area contributed by atoms with Gasteiger partial charge in [0.2, 0.25) is 0 Å². The predicted octanol–water partition coefficient (Wildman–Crippen LogP) is -2.04. The molecule has 0 aliphatic carbocycles. The molecule has 8 heteroatoms. The van der Waals surface area contributed by atoms with Gasteiger partial charge < -0.3 is 21.9 Å². The molecule has 0 aromatic heterocycles. The Labute approximate surface area is 58.9 Å². The Bertz CT molecular complexity index is 16.0. The molecule has 0 unspecified atom stereocenters. The van der Waals surface area contributed by atoms with Crippen LogP contribution in [0, 0.1) is 32.2 Å². The van der Waals surface area contributed by atoms with Crippen LogP contribution in [0.15, 0.2) is 0 Å². The van der Waals surface area contributed by atoms with Crippen molar-refractivity contribution in [3.05, 3.63) is 0 Å². The van der Waals surface area contributed by atoms with E-state index < -0.39 is 32.2 Å². The molecule has 0 aromatic carbocycles. The maximum absolute atomic E-state index is 9.89. The molecule has 0 fully saturated rings. The minimum absolute atomic E-state index is 0. The van der Waals surface area contributed by atoms with E-state index in [0.717, 1.165) is 0 Å². The maximum atomic E-state index is 9.89. The van der Waals surface area contributed by atoms with Crippen molar-refractivity contribution >= 4 is 0 Å². The first kappa shape index (κ1) is 36.9. The number of hydrogen-bond donors (Lipinski definition) is 0. The van der Waals surface area contributed by atoms with Crippen molar-refractivity contribution in [2.75, 3.05) is 0 Å². The summed E-state index contributed by atoms with van der Waals surface area (Å²) in [5, 5.41) is 0. The monoisotopic (exact) mass is 268 g/mol.